The van der Waals surface area contributed by atoms with Crippen LogP contribution in [0.2, 0.25) is 0 Å². The molecule has 0 spiro atoms. The zero-order valence-electron chi connectivity index (χ0n) is 14.3. The Morgan fingerprint density at radius 1 is 0.792 bits per heavy atom. The summed E-state index contributed by atoms with van der Waals surface area (Å²) >= 11 is 0. The SMILES string of the molecule is COc1ccc(CO)c(OCc2cc(OC)c(OC)c(OC)c2)c1. The van der Waals surface area contributed by atoms with Gasteiger partial charge in [0.2, 0.25) is 5.75 Å². The van der Waals surface area contributed by atoms with Crippen molar-refractivity contribution in [1.82, 2.24) is 0 Å². The number of benzene rings is 2. The summed E-state index contributed by atoms with van der Waals surface area (Å²) < 4.78 is 27.0. The molecule has 6 heteroatoms. The number of aliphatic hydroxyl groups is 1. The molecular weight excluding hydrogens is 312 g/mol. The quantitative estimate of drug-likeness (QED) is 0.801. The molecule has 2 aromatic carbocycles. The highest BCUT2D eigenvalue weighted by Crippen LogP contribution is 2.38. The van der Waals surface area contributed by atoms with E-state index in [1.165, 1.54) is 0 Å². The highest BCUT2D eigenvalue weighted by atomic mass is 16.5. The van der Waals surface area contributed by atoms with Crippen LogP contribution < -0.4 is 23.7 Å². The van der Waals surface area contributed by atoms with Crippen molar-refractivity contribution in [2.45, 2.75) is 13.2 Å². The van der Waals surface area contributed by atoms with E-state index in [0.29, 0.717) is 34.3 Å². The van der Waals surface area contributed by atoms with Gasteiger partial charge in [-0.2, -0.15) is 0 Å². The number of hydrogen-bond donors (Lipinski definition) is 1. The molecule has 0 heterocycles. The second-order valence-corrected chi connectivity index (χ2v) is 4.95. The average Bonchev–Trinajstić information content (AvgIpc) is 2.64. The first-order chi connectivity index (χ1) is 11.7. The fourth-order valence-corrected chi connectivity index (χ4v) is 2.31. The minimum absolute atomic E-state index is 0.116. The number of ether oxygens (including phenoxy) is 5. The molecule has 0 amide bonds. The van der Waals surface area contributed by atoms with Crippen LogP contribution in [0.3, 0.4) is 0 Å². The number of rotatable bonds is 8. The Morgan fingerprint density at radius 2 is 1.46 bits per heavy atom. The third-order valence-corrected chi connectivity index (χ3v) is 3.56. The summed E-state index contributed by atoms with van der Waals surface area (Å²) in [4.78, 5) is 0. The fraction of sp³-hybridized carbons (Fsp3) is 0.333. The van der Waals surface area contributed by atoms with Crippen molar-refractivity contribution in [2.24, 2.45) is 0 Å². The monoisotopic (exact) mass is 334 g/mol. The van der Waals surface area contributed by atoms with E-state index in [9.17, 15) is 5.11 Å². The van der Waals surface area contributed by atoms with Gasteiger partial charge in [0.15, 0.2) is 11.5 Å². The van der Waals surface area contributed by atoms with Gasteiger partial charge in [0.1, 0.15) is 18.1 Å². The van der Waals surface area contributed by atoms with Crippen LogP contribution in [0.5, 0.6) is 28.7 Å². The first kappa shape index (κ1) is 17.7. The predicted octanol–water partition coefficient (Wildman–Crippen LogP) is 2.79. The molecular formula is C18H22O6. The van der Waals surface area contributed by atoms with Crippen molar-refractivity contribution < 1.29 is 28.8 Å². The minimum atomic E-state index is -0.116. The van der Waals surface area contributed by atoms with Crippen LogP contribution in [0.25, 0.3) is 0 Å². The molecule has 6 nitrogen and oxygen atoms in total. The number of aliphatic hydroxyl groups excluding tert-OH is 1. The summed E-state index contributed by atoms with van der Waals surface area (Å²) in [5.74, 6) is 2.87. The van der Waals surface area contributed by atoms with Crippen LogP contribution in [0, 0.1) is 0 Å². The van der Waals surface area contributed by atoms with Crippen LogP contribution in [0.4, 0.5) is 0 Å². The van der Waals surface area contributed by atoms with Crippen LogP contribution in [-0.2, 0) is 13.2 Å². The average molecular weight is 334 g/mol. The van der Waals surface area contributed by atoms with E-state index >= 15 is 0 Å². The molecule has 2 rings (SSSR count). The Morgan fingerprint density at radius 3 is 1.96 bits per heavy atom. The van der Waals surface area contributed by atoms with Gasteiger partial charge < -0.3 is 28.8 Å². The molecule has 0 fully saturated rings. The van der Waals surface area contributed by atoms with Gasteiger partial charge in [-0.25, -0.2) is 0 Å². The number of methoxy groups -OCH3 is 4. The van der Waals surface area contributed by atoms with Gasteiger partial charge in [0.25, 0.3) is 0 Å². The second-order valence-electron chi connectivity index (χ2n) is 4.95. The third-order valence-electron chi connectivity index (χ3n) is 3.56. The van der Waals surface area contributed by atoms with E-state index in [1.54, 1.807) is 46.6 Å². The van der Waals surface area contributed by atoms with Crippen LogP contribution in [0.15, 0.2) is 30.3 Å². The maximum Gasteiger partial charge on any atom is 0.203 e. The third kappa shape index (κ3) is 3.83. The molecule has 0 aromatic heterocycles. The number of hydrogen-bond acceptors (Lipinski definition) is 6. The standard InChI is InChI=1S/C18H22O6/c1-20-14-6-5-13(10-19)15(9-14)24-11-12-7-16(21-2)18(23-4)17(8-12)22-3/h5-9,19H,10-11H2,1-4H3. The Bertz CT molecular complexity index is 658. The molecule has 0 aliphatic carbocycles. The molecule has 2 aromatic rings. The van der Waals surface area contributed by atoms with E-state index in [0.717, 1.165) is 5.56 Å². The second kappa shape index (κ2) is 8.31. The normalized spacial score (nSPS) is 10.2. The lowest BCUT2D eigenvalue weighted by Crippen LogP contribution is -2.02. The summed E-state index contributed by atoms with van der Waals surface area (Å²) in [6.07, 6.45) is 0. The molecule has 1 N–H and O–H groups in total. The molecule has 0 saturated carbocycles. The lowest BCUT2D eigenvalue weighted by molar-refractivity contribution is 0.257. The van der Waals surface area contributed by atoms with Gasteiger partial charge in [-0.1, -0.05) is 0 Å². The van der Waals surface area contributed by atoms with Crippen molar-refractivity contribution in [3.8, 4) is 28.7 Å². The van der Waals surface area contributed by atoms with E-state index in [1.807, 2.05) is 12.1 Å². The van der Waals surface area contributed by atoms with Gasteiger partial charge >= 0.3 is 0 Å². The minimum Gasteiger partial charge on any atom is -0.497 e. The molecule has 0 unspecified atom stereocenters. The topological polar surface area (TPSA) is 66.4 Å². The lowest BCUT2D eigenvalue weighted by atomic mass is 10.1. The highest BCUT2D eigenvalue weighted by Gasteiger charge is 2.14. The summed E-state index contributed by atoms with van der Waals surface area (Å²) in [5.41, 5.74) is 1.53. The van der Waals surface area contributed by atoms with Crippen molar-refractivity contribution in [2.75, 3.05) is 28.4 Å². The Hall–Kier alpha value is -2.60. The lowest BCUT2D eigenvalue weighted by Gasteiger charge is -2.15. The fourth-order valence-electron chi connectivity index (χ4n) is 2.31. The summed E-state index contributed by atoms with van der Waals surface area (Å²) in [5, 5.41) is 9.43. The summed E-state index contributed by atoms with van der Waals surface area (Å²) in [6.45, 7) is 0.158. The van der Waals surface area contributed by atoms with Crippen LogP contribution >= 0.6 is 0 Å². The van der Waals surface area contributed by atoms with E-state index in [4.69, 9.17) is 23.7 Å². The first-order valence-electron chi connectivity index (χ1n) is 7.36. The van der Waals surface area contributed by atoms with Crippen molar-refractivity contribution in [3.63, 3.8) is 0 Å². The summed E-state index contributed by atoms with van der Waals surface area (Å²) in [6, 6.07) is 8.92. The molecule has 24 heavy (non-hydrogen) atoms. The van der Waals surface area contributed by atoms with Gasteiger partial charge in [-0.3, -0.25) is 0 Å². The molecule has 0 aliphatic rings. The Kier molecular flexibility index (Phi) is 6.14. The van der Waals surface area contributed by atoms with Gasteiger partial charge in [0, 0.05) is 11.6 Å². The van der Waals surface area contributed by atoms with Gasteiger partial charge in [0.05, 0.1) is 35.0 Å². The maximum atomic E-state index is 9.43. The van der Waals surface area contributed by atoms with E-state index < -0.39 is 0 Å². The molecule has 0 radical (unpaired) electrons. The maximum absolute atomic E-state index is 9.43. The molecule has 130 valence electrons. The van der Waals surface area contributed by atoms with E-state index in [-0.39, 0.29) is 13.2 Å². The molecule has 0 aliphatic heterocycles. The Labute approximate surface area is 141 Å². The molecule has 0 bridgehead atoms. The van der Waals surface area contributed by atoms with Crippen LogP contribution in [0.1, 0.15) is 11.1 Å². The largest absolute Gasteiger partial charge is 0.497 e. The molecule has 0 atom stereocenters. The predicted molar refractivity (Wildman–Crippen MR) is 89.3 cm³/mol. The van der Waals surface area contributed by atoms with E-state index in [2.05, 4.69) is 0 Å². The smallest absolute Gasteiger partial charge is 0.203 e. The van der Waals surface area contributed by atoms with Gasteiger partial charge in [-0.15, -0.1) is 0 Å². The highest BCUT2D eigenvalue weighted by molar-refractivity contribution is 5.53. The first-order valence-corrected chi connectivity index (χ1v) is 7.36. The van der Waals surface area contributed by atoms with Crippen LogP contribution in [-0.4, -0.2) is 33.5 Å². The Balaban J connectivity index is 2.26. The van der Waals surface area contributed by atoms with Crippen molar-refractivity contribution in [3.05, 3.63) is 41.5 Å². The van der Waals surface area contributed by atoms with Crippen molar-refractivity contribution >= 4 is 0 Å². The zero-order valence-corrected chi connectivity index (χ0v) is 14.3. The van der Waals surface area contributed by atoms with Gasteiger partial charge in [-0.05, 0) is 29.8 Å². The molecule has 0 saturated heterocycles. The zero-order chi connectivity index (χ0) is 17.5. The van der Waals surface area contributed by atoms with Crippen molar-refractivity contribution in [1.29, 1.82) is 0 Å². The summed E-state index contributed by atoms with van der Waals surface area (Å²) in [7, 11) is 6.26.